The van der Waals surface area contributed by atoms with Gasteiger partial charge in [-0.05, 0) is 49.7 Å². The third-order valence-electron chi connectivity index (χ3n) is 2.99. The fourth-order valence-electron chi connectivity index (χ4n) is 1.59. The molecule has 0 aliphatic heterocycles. The fourth-order valence-corrected chi connectivity index (χ4v) is 2.02. The van der Waals surface area contributed by atoms with Gasteiger partial charge in [0.2, 0.25) is 0 Å². The van der Waals surface area contributed by atoms with Crippen molar-refractivity contribution >= 4 is 11.8 Å². The monoisotopic (exact) mass is 189 g/mol. The predicted octanol–water partition coefficient (Wildman–Crippen LogP) is 2.89. The summed E-state index contributed by atoms with van der Waals surface area (Å²) >= 11 is 1.93. The van der Waals surface area contributed by atoms with Gasteiger partial charge in [-0.3, -0.25) is 0 Å². The average molecular weight is 189 g/mol. The van der Waals surface area contributed by atoms with Crippen molar-refractivity contribution in [1.82, 2.24) is 0 Å². The van der Waals surface area contributed by atoms with Crippen LogP contribution in [-0.2, 0) is 0 Å². The minimum absolute atomic E-state index is 0.440. The molecule has 0 unspecified atom stereocenters. The van der Waals surface area contributed by atoms with Crippen molar-refractivity contribution in [3.05, 3.63) is 0 Å². The molecule has 0 saturated carbocycles. The van der Waals surface area contributed by atoms with Crippen LogP contribution in [0.5, 0.6) is 0 Å². The first-order valence-corrected chi connectivity index (χ1v) is 6.33. The Kier molecular flexibility index (Phi) is 6.96. The molecule has 0 amide bonds. The van der Waals surface area contributed by atoms with E-state index < -0.39 is 0 Å². The molecule has 0 radical (unpaired) electrons. The van der Waals surface area contributed by atoms with Crippen LogP contribution in [0.1, 0.15) is 39.5 Å². The smallest absolute Gasteiger partial charge is 0.00207 e. The number of hydrogen-bond acceptors (Lipinski definition) is 2. The number of rotatable bonds is 7. The van der Waals surface area contributed by atoms with Gasteiger partial charge in [0, 0.05) is 0 Å². The molecule has 1 nitrogen and oxygen atoms in total. The summed E-state index contributed by atoms with van der Waals surface area (Å²) in [5.41, 5.74) is 6.24. The topological polar surface area (TPSA) is 26.0 Å². The maximum absolute atomic E-state index is 5.80. The van der Waals surface area contributed by atoms with E-state index in [-0.39, 0.29) is 0 Å². The van der Waals surface area contributed by atoms with Crippen LogP contribution in [0.15, 0.2) is 0 Å². The third kappa shape index (κ3) is 3.81. The van der Waals surface area contributed by atoms with Gasteiger partial charge in [-0.2, -0.15) is 11.8 Å². The lowest BCUT2D eigenvalue weighted by Crippen LogP contribution is -2.29. The molecule has 0 aliphatic rings. The van der Waals surface area contributed by atoms with Crippen molar-refractivity contribution in [2.24, 2.45) is 11.1 Å². The zero-order valence-electron chi connectivity index (χ0n) is 8.73. The summed E-state index contributed by atoms with van der Waals surface area (Å²) in [6, 6.07) is 0. The largest absolute Gasteiger partial charge is 0.330 e. The maximum atomic E-state index is 5.80. The third-order valence-corrected chi connectivity index (χ3v) is 3.69. The first kappa shape index (κ1) is 12.3. The standard InChI is InChI=1S/C10H23NS/c1-4-10(5-2,9-11)7-6-8-12-3/h4-9,11H2,1-3H3. The zero-order chi connectivity index (χ0) is 9.45. The van der Waals surface area contributed by atoms with Crippen LogP contribution in [0, 0.1) is 5.41 Å². The minimum Gasteiger partial charge on any atom is -0.330 e. The summed E-state index contributed by atoms with van der Waals surface area (Å²) in [7, 11) is 0. The number of hydrogen-bond donors (Lipinski definition) is 1. The first-order valence-electron chi connectivity index (χ1n) is 4.93. The molecule has 2 heteroatoms. The molecule has 0 rings (SSSR count). The molecule has 74 valence electrons. The van der Waals surface area contributed by atoms with E-state index >= 15 is 0 Å². The second-order valence-corrected chi connectivity index (χ2v) is 4.49. The Morgan fingerprint density at radius 3 is 2.17 bits per heavy atom. The predicted molar refractivity (Wildman–Crippen MR) is 59.7 cm³/mol. The molecule has 0 aromatic carbocycles. The van der Waals surface area contributed by atoms with Gasteiger partial charge in [0.1, 0.15) is 0 Å². The second-order valence-electron chi connectivity index (χ2n) is 3.51. The molecule has 0 bridgehead atoms. The highest BCUT2D eigenvalue weighted by Gasteiger charge is 2.22. The van der Waals surface area contributed by atoms with Crippen LogP contribution >= 0.6 is 11.8 Å². The van der Waals surface area contributed by atoms with Crippen molar-refractivity contribution in [2.45, 2.75) is 39.5 Å². The molecule has 0 saturated heterocycles. The molecular formula is C10H23NS. The van der Waals surface area contributed by atoms with Gasteiger partial charge in [-0.15, -0.1) is 0 Å². The van der Waals surface area contributed by atoms with Crippen LogP contribution in [0.3, 0.4) is 0 Å². The SMILES string of the molecule is CCC(CC)(CN)CCCSC. The van der Waals surface area contributed by atoms with Crippen molar-refractivity contribution in [3.63, 3.8) is 0 Å². The van der Waals surface area contributed by atoms with Crippen molar-refractivity contribution in [2.75, 3.05) is 18.6 Å². The van der Waals surface area contributed by atoms with Crippen LogP contribution in [0.4, 0.5) is 0 Å². The lowest BCUT2D eigenvalue weighted by atomic mass is 9.78. The molecule has 0 aliphatic carbocycles. The van der Waals surface area contributed by atoms with Crippen molar-refractivity contribution < 1.29 is 0 Å². The minimum atomic E-state index is 0.440. The van der Waals surface area contributed by atoms with Gasteiger partial charge in [-0.1, -0.05) is 13.8 Å². The molecule has 12 heavy (non-hydrogen) atoms. The molecule has 2 N–H and O–H groups in total. The molecular weight excluding hydrogens is 166 g/mol. The van der Waals surface area contributed by atoms with Gasteiger partial charge >= 0.3 is 0 Å². The van der Waals surface area contributed by atoms with Crippen molar-refractivity contribution in [3.8, 4) is 0 Å². The van der Waals surface area contributed by atoms with Crippen LogP contribution in [0.25, 0.3) is 0 Å². The first-order chi connectivity index (χ1) is 5.74. The van der Waals surface area contributed by atoms with E-state index in [9.17, 15) is 0 Å². The summed E-state index contributed by atoms with van der Waals surface area (Å²) in [6.07, 6.45) is 7.25. The highest BCUT2D eigenvalue weighted by atomic mass is 32.2. The summed E-state index contributed by atoms with van der Waals surface area (Å²) in [4.78, 5) is 0. The van der Waals surface area contributed by atoms with Crippen LogP contribution in [0.2, 0.25) is 0 Å². The Morgan fingerprint density at radius 1 is 1.25 bits per heavy atom. The van der Waals surface area contributed by atoms with E-state index in [4.69, 9.17) is 5.73 Å². The molecule has 0 spiro atoms. The Bertz CT molecular complexity index is 91.7. The van der Waals surface area contributed by atoms with Gasteiger partial charge in [0.15, 0.2) is 0 Å². The van der Waals surface area contributed by atoms with Crippen molar-refractivity contribution in [1.29, 1.82) is 0 Å². The Labute approximate surface area is 81.5 Å². The van der Waals surface area contributed by atoms with E-state index in [1.165, 1.54) is 31.4 Å². The van der Waals surface area contributed by atoms with E-state index in [0.717, 1.165) is 6.54 Å². The van der Waals surface area contributed by atoms with Gasteiger partial charge in [0.25, 0.3) is 0 Å². The quantitative estimate of drug-likeness (QED) is 0.623. The highest BCUT2D eigenvalue weighted by molar-refractivity contribution is 7.98. The molecule has 0 aromatic heterocycles. The van der Waals surface area contributed by atoms with Gasteiger partial charge in [0.05, 0.1) is 0 Å². The van der Waals surface area contributed by atoms with E-state index in [1.54, 1.807) is 0 Å². The lowest BCUT2D eigenvalue weighted by molar-refractivity contribution is 0.248. The van der Waals surface area contributed by atoms with E-state index in [1.807, 2.05) is 11.8 Å². The molecule has 0 fully saturated rings. The Balaban J connectivity index is 3.76. The summed E-state index contributed by atoms with van der Waals surface area (Å²) in [5, 5.41) is 0. The van der Waals surface area contributed by atoms with Crippen LogP contribution < -0.4 is 5.73 Å². The summed E-state index contributed by atoms with van der Waals surface area (Å²) in [6.45, 7) is 5.37. The van der Waals surface area contributed by atoms with Gasteiger partial charge < -0.3 is 5.73 Å². The lowest BCUT2D eigenvalue weighted by Gasteiger charge is -2.29. The summed E-state index contributed by atoms with van der Waals surface area (Å²) < 4.78 is 0. The second kappa shape index (κ2) is 6.79. The average Bonchev–Trinajstić information content (AvgIpc) is 2.14. The van der Waals surface area contributed by atoms with E-state index in [2.05, 4.69) is 20.1 Å². The van der Waals surface area contributed by atoms with E-state index in [0.29, 0.717) is 5.41 Å². The number of thioether (sulfide) groups is 1. The Hall–Kier alpha value is 0.310. The number of nitrogens with two attached hydrogens (primary N) is 1. The van der Waals surface area contributed by atoms with Gasteiger partial charge in [-0.25, -0.2) is 0 Å². The normalized spacial score (nSPS) is 12.0. The highest BCUT2D eigenvalue weighted by Crippen LogP contribution is 2.30. The Morgan fingerprint density at radius 2 is 1.83 bits per heavy atom. The summed E-state index contributed by atoms with van der Waals surface area (Å²) in [5.74, 6) is 1.28. The molecule has 0 atom stereocenters. The molecule has 0 aromatic rings. The maximum Gasteiger partial charge on any atom is -0.00207 e. The molecule has 0 heterocycles. The van der Waals surface area contributed by atoms with Crippen LogP contribution in [-0.4, -0.2) is 18.6 Å². The fraction of sp³-hybridized carbons (Fsp3) is 1.00. The zero-order valence-corrected chi connectivity index (χ0v) is 9.54.